The van der Waals surface area contributed by atoms with Crippen LogP contribution in [0.4, 0.5) is 0 Å². The Bertz CT molecular complexity index is 2260. The minimum Gasteiger partial charge on any atom is -0.457 e. The first-order chi connectivity index (χ1) is 24.4. The smallest absolute Gasteiger partial charge is 0.347 e. The summed E-state index contributed by atoms with van der Waals surface area (Å²) in [4.78, 5) is 48.0. The molecule has 6 aromatic rings. The van der Waals surface area contributed by atoms with Gasteiger partial charge in [-0.25, -0.2) is 19.2 Å². The monoisotopic (exact) mass is 658 g/mol. The lowest BCUT2D eigenvalue weighted by Gasteiger charge is -2.41. The van der Waals surface area contributed by atoms with Crippen LogP contribution in [0.1, 0.15) is 63.7 Å². The van der Waals surface area contributed by atoms with Crippen LogP contribution in [-0.4, -0.2) is 23.9 Å². The van der Waals surface area contributed by atoms with E-state index in [1.807, 2.05) is 84.9 Å². The lowest BCUT2D eigenvalue weighted by Crippen LogP contribution is -2.34. The van der Waals surface area contributed by atoms with E-state index >= 15 is 0 Å². The van der Waals surface area contributed by atoms with Gasteiger partial charge in [0.05, 0.1) is 27.7 Å². The summed E-state index contributed by atoms with van der Waals surface area (Å²) in [6, 6.07) is 40.5. The molecule has 0 saturated heterocycles. The molecule has 0 spiro atoms. The van der Waals surface area contributed by atoms with Crippen molar-refractivity contribution < 1.29 is 42.9 Å². The van der Waals surface area contributed by atoms with Gasteiger partial charge in [-0.15, -0.1) is 0 Å². The third-order valence-corrected chi connectivity index (χ3v) is 9.08. The molecule has 9 heteroatoms. The number of cyclic esters (lactones) is 4. The minimum atomic E-state index is -0.822. The van der Waals surface area contributed by atoms with Crippen LogP contribution < -0.4 is 14.2 Å². The fraction of sp³-hybridized carbons (Fsp3) is 0.0244. The zero-order chi connectivity index (χ0) is 34.0. The first-order valence-corrected chi connectivity index (χ1v) is 15.6. The maximum atomic E-state index is 12.1. The Morgan fingerprint density at radius 1 is 0.380 bits per heavy atom. The SMILES string of the molecule is O=C1OC(=O)c2cc(Oc3ccc(C4(c5ccc(Oc6ccc7c(c6)C(=O)OC7=O)cc5)c5ccccc5Oc5ccccc54)cc3)ccc21. The molecule has 0 saturated carbocycles. The maximum Gasteiger partial charge on any atom is 0.347 e. The van der Waals surface area contributed by atoms with Crippen molar-refractivity contribution in [3.63, 3.8) is 0 Å². The van der Waals surface area contributed by atoms with Gasteiger partial charge >= 0.3 is 23.9 Å². The first-order valence-electron chi connectivity index (χ1n) is 15.6. The van der Waals surface area contributed by atoms with E-state index in [1.165, 1.54) is 24.3 Å². The van der Waals surface area contributed by atoms with Crippen LogP contribution in [0.3, 0.4) is 0 Å². The van der Waals surface area contributed by atoms with E-state index in [1.54, 1.807) is 12.1 Å². The molecular weight excluding hydrogens is 636 g/mol. The number of rotatable bonds is 6. The van der Waals surface area contributed by atoms with E-state index in [2.05, 4.69) is 12.1 Å². The highest BCUT2D eigenvalue weighted by atomic mass is 16.6. The van der Waals surface area contributed by atoms with Crippen LogP contribution in [0.15, 0.2) is 133 Å². The van der Waals surface area contributed by atoms with Gasteiger partial charge in [0.2, 0.25) is 0 Å². The van der Waals surface area contributed by atoms with E-state index in [4.69, 9.17) is 23.7 Å². The Morgan fingerprint density at radius 2 is 0.760 bits per heavy atom. The van der Waals surface area contributed by atoms with Crippen LogP contribution in [0, 0.1) is 0 Å². The third kappa shape index (κ3) is 4.48. The predicted molar refractivity (Wildman–Crippen MR) is 177 cm³/mol. The highest BCUT2D eigenvalue weighted by Gasteiger charge is 2.45. The molecule has 0 aliphatic carbocycles. The topological polar surface area (TPSA) is 114 Å². The van der Waals surface area contributed by atoms with Crippen LogP contribution in [0.5, 0.6) is 34.5 Å². The number of benzene rings is 6. The normalized spacial score (nSPS) is 14.8. The van der Waals surface area contributed by atoms with Crippen LogP contribution in [0.25, 0.3) is 0 Å². The molecule has 3 heterocycles. The Labute approximate surface area is 284 Å². The van der Waals surface area contributed by atoms with E-state index in [9.17, 15) is 19.2 Å². The number of esters is 4. The quantitative estimate of drug-likeness (QED) is 0.128. The summed E-state index contributed by atoms with van der Waals surface area (Å²) in [6.45, 7) is 0. The van der Waals surface area contributed by atoms with Crippen molar-refractivity contribution in [2.45, 2.75) is 5.41 Å². The molecule has 3 aliphatic rings. The van der Waals surface area contributed by atoms with E-state index in [0.29, 0.717) is 34.5 Å². The van der Waals surface area contributed by atoms with Crippen molar-refractivity contribution in [2.24, 2.45) is 0 Å². The van der Waals surface area contributed by atoms with Crippen LogP contribution >= 0.6 is 0 Å². The van der Waals surface area contributed by atoms with Gasteiger partial charge in [-0.05, 0) is 83.9 Å². The average Bonchev–Trinajstić information content (AvgIpc) is 3.59. The fourth-order valence-corrected chi connectivity index (χ4v) is 6.86. The van der Waals surface area contributed by atoms with Gasteiger partial charge in [-0.1, -0.05) is 60.7 Å². The number of hydrogen-bond acceptors (Lipinski definition) is 9. The fourth-order valence-electron chi connectivity index (χ4n) is 6.86. The zero-order valence-corrected chi connectivity index (χ0v) is 25.9. The van der Waals surface area contributed by atoms with Gasteiger partial charge in [-0.3, -0.25) is 0 Å². The molecule has 50 heavy (non-hydrogen) atoms. The molecule has 240 valence electrons. The molecule has 3 aliphatic heterocycles. The molecule has 0 fully saturated rings. The molecule has 0 bridgehead atoms. The molecule has 0 aromatic heterocycles. The number of carbonyl (C=O) groups is 4. The summed E-state index contributed by atoms with van der Waals surface area (Å²) < 4.78 is 28.1. The highest BCUT2D eigenvalue weighted by Crippen LogP contribution is 2.55. The number of hydrogen-bond donors (Lipinski definition) is 0. The highest BCUT2D eigenvalue weighted by molar-refractivity contribution is 6.15. The van der Waals surface area contributed by atoms with Gasteiger partial charge in [-0.2, -0.15) is 0 Å². The van der Waals surface area contributed by atoms with Crippen molar-refractivity contribution in [2.75, 3.05) is 0 Å². The molecule has 9 nitrogen and oxygen atoms in total. The zero-order valence-electron chi connectivity index (χ0n) is 25.9. The average molecular weight is 659 g/mol. The number of carbonyl (C=O) groups excluding carboxylic acids is 4. The molecule has 0 atom stereocenters. The summed E-state index contributed by atoms with van der Waals surface area (Å²) >= 11 is 0. The Hall–Kier alpha value is -7.00. The predicted octanol–water partition coefficient (Wildman–Crippen LogP) is 8.38. The molecule has 6 aromatic carbocycles. The molecule has 0 radical (unpaired) electrons. The second-order valence-electron chi connectivity index (χ2n) is 11.9. The maximum absolute atomic E-state index is 12.1. The molecule has 0 unspecified atom stereocenters. The van der Waals surface area contributed by atoms with Crippen molar-refractivity contribution >= 4 is 23.9 Å². The van der Waals surface area contributed by atoms with Crippen molar-refractivity contribution in [3.8, 4) is 34.5 Å². The number of ether oxygens (including phenoxy) is 5. The second kappa shape index (κ2) is 11.0. The van der Waals surface area contributed by atoms with Crippen LogP contribution in [0.2, 0.25) is 0 Å². The summed E-state index contributed by atoms with van der Waals surface area (Å²) in [5.41, 5.74) is 3.67. The third-order valence-electron chi connectivity index (χ3n) is 9.08. The van der Waals surface area contributed by atoms with Crippen molar-refractivity contribution in [1.29, 1.82) is 0 Å². The summed E-state index contributed by atoms with van der Waals surface area (Å²) in [5.74, 6) is 0.522. The van der Waals surface area contributed by atoms with Gasteiger partial charge in [0.15, 0.2) is 0 Å². The Kier molecular flexibility index (Phi) is 6.43. The molecular formula is C41H22O9. The summed E-state index contributed by atoms with van der Waals surface area (Å²) in [7, 11) is 0. The van der Waals surface area contributed by atoms with E-state index in [0.717, 1.165) is 22.3 Å². The Balaban J connectivity index is 1.12. The van der Waals surface area contributed by atoms with E-state index in [-0.39, 0.29) is 22.3 Å². The standard InChI is InChI=1S/C41H22O9/c42-37-29-19-17-27(21-31(29)39(44)49-37)46-25-13-9-23(10-14-25)41(33-5-1-3-7-35(33)48-36-8-4-2-6-34(36)41)24-11-15-26(16-12-24)47-28-18-20-30-32(22-28)40(45)50-38(30)43/h1-22H. The number of fused-ring (bicyclic) bond motifs is 4. The van der Waals surface area contributed by atoms with E-state index < -0.39 is 29.3 Å². The van der Waals surface area contributed by atoms with Crippen molar-refractivity contribution in [1.82, 2.24) is 0 Å². The lowest BCUT2D eigenvalue weighted by atomic mass is 9.63. The molecule has 0 amide bonds. The molecule has 0 N–H and O–H groups in total. The minimum absolute atomic E-state index is 0.166. The van der Waals surface area contributed by atoms with Crippen LogP contribution in [-0.2, 0) is 14.9 Å². The van der Waals surface area contributed by atoms with Gasteiger partial charge < -0.3 is 23.7 Å². The molecule has 9 rings (SSSR count). The largest absolute Gasteiger partial charge is 0.457 e. The van der Waals surface area contributed by atoms with Gasteiger partial charge in [0.25, 0.3) is 0 Å². The Morgan fingerprint density at radius 3 is 1.20 bits per heavy atom. The lowest BCUT2D eigenvalue weighted by molar-refractivity contribution is 0.0425. The second-order valence-corrected chi connectivity index (χ2v) is 11.9. The van der Waals surface area contributed by atoms with Gasteiger partial charge in [0, 0.05) is 11.1 Å². The van der Waals surface area contributed by atoms with Gasteiger partial charge in [0.1, 0.15) is 34.5 Å². The summed E-state index contributed by atoms with van der Waals surface area (Å²) in [6.07, 6.45) is 0. The number of para-hydroxylation sites is 2. The summed E-state index contributed by atoms with van der Waals surface area (Å²) in [5, 5.41) is 0. The first kappa shape index (κ1) is 29.2. The van der Waals surface area contributed by atoms with Crippen molar-refractivity contribution in [3.05, 3.63) is 178 Å².